The molecule has 0 heterocycles. The molecule has 0 atom stereocenters. The number of ether oxygens (including phenoxy) is 1. The molecule has 18 heavy (non-hydrogen) atoms. The van der Waals surface area contributed by atoms with Gasteiger partial charge in [-0.2, -0.15) is 0 Å². The van der Waals surface area contributed by atoms with Crippen LogP contribution in [0.3, 0.4) is 0 Å². The fourth-order valence-corrected chi connectivity index (χ4v) is 1.39. The number of hydrogen-bond acceptors (Lipinski definition) is 4. The molecule has 0 unspecified atom stereocenters. The fourth-order valence-electron chi connectivity index (χ4n) is 1.39. The van der Waals surface area contributed by atoms with Crippen LogP contribution in [0.25, 0.3) is 0 Å². The molecule has 0 aliphatic carbocycles. The average Bonchev–Trinajstić information content (AvgIpc) is 2.34. The van der Waals surface area contributed by atoms with Gasteiger partial charge in [0.2, 0.25) is 0 Å². The number of nitro groups is 1. The van der Waals surface area contributed by atoms with Crippen LogP contribution in [0.4, 0.5) is 5.69 Å². The molecule has 0 amide bonds. The minimum atomic E-state index is -0.547. The number of carbonyl (C=O) groups is 1. The Balaban J connectivity index is 2.87. The first-order valence-corrected chi connectivity index (χ1v) is 5.42. The summed E-state index contributed by atoms with van der Waals surface area (Å²) in [5, 5.41) is 10.6. The van der Waals surface area contributed by atoms with Gasteiger partial charge in [-0.3, -0.25) is 14.9 Å². The van der Waals surface area contributed by atoms with Crippen molar-refractivity contribution >= 4 is 11.5 Å². The van der Waals surface area contributed by atoms with Crippen LogP contribution in [0.15, 0.2) is 18.2 Å². The van der Waals surface area contributed by atoms with Gasteiger partial charge in [0.1, 0.15) is 5.75 Å². The molecule has 0 aliphatic rings. The zero-order valence-electron chi connectivity index (χ0n) is 10.0. The van der Waals surface area contributed by atoms with E-state index in [-0.39, 0.29) is 17.0 Å². The molecule has 0 spiro atoms. The highest BCUT2D eigenvalue weighted by Gasteiger charge is 2.14. The van der Waals surface area contributed by atoms with E-state index in [0.29, 0.717) is 25.2 Å². The predicted molar refractivity (Wildman–Crippen MR) is 66.7 cm³/mol. The highest BCUT2D eigenvalue weighted by molar-refractivity contribution is 5.97. The Kier molecular flexibility index (Phi) is 4.88. The highest BCUT2D eigenvalue weighted by atomic mass is 16.6. The molecule has 0 saturated carbocycles. The zero-order valence-corrected chi connectivity index (χ0v) is 10.0. The lowest BCUT2D eigenvalue weighted by Gasteiger charge is -2.08. The Morgan fingerprint density at radius 2 is 2.28 bits per heavy atom. The summed E-state index contributed by atoms with van der Waals surface area (Å²) >= 11 is 0. The van der Waals surface area contributed by atoms with Crippen molar-refractivity contribution in [2.75, 3.05) is 6.61 Å². The molecule has 94 valence electrons. The van der Waals surface area contributed by atoms with E-state index in [1.165, 1.54) is 25.1 Å². The van der Waals surface area contributed by atoms with Crippen molar-refractivity contribution in [1.82, 2.24) is 0 Å². The lowest BCUT2D eigenvalue weighted by atomic mass is 10.1. The van der Waals surface area contributed by atoms with Crippen LogP contribution >= 0.6 is 0 Å². The van der Waals surface area contributed by atoms with Gasteiger partial charge in [0, 0.05) is 18.6 Å². The summed E-state index contributed by atoms with van der Waals surface area (Å²) in [6.45, 7) is 1.72. The molecule has 1 aromatic carbocycles. The van der Waals surface area contributed by atoms with Crippen LogP contribution in [0.5, 0.6) is 5.75 Å². The number of nitrogens with zero attached hydrogens (tertiary/aromatic N) is 1. The number of hydrogen-bond donors (Lipinski definition) is 0. The Bertz CT molecular complexity index is 502. The predicted octanol–water partition coefficient (Wildman–Crippen LogP) is 2.59. The molecule has 0 N–H and O–H groups in total. The van der Waals surface area contributed by atoms with E-state index in [4.69, 9.17) is 11.2 Å². The lowest BCUT2D eigenvalue weighted by Crippen LogP contribution is -2.03. The van der Waals surface area contributed by atoms with E-state index in [2.05, 4.69) is 5.92 Å². The number of benzene rings is 1. The van der Waals surface area contributed by atoms with Gasteiger partial charge in [-0.25, -0.2) is 0 Å². The van der Waals surface area contributed by atoms with E-state index in [9.17, 15) is 14.9 Å². The standard InChI is InChI=1S/C13H13NO4/c1-3-4-5-8-18-13-7-6-11(14(16)17)9-12(13)10(2)15/h1,6-7,9H,4-5,8H2,2H3. The first-order chi connectivity index (χ1) is 8.56. The van der Waals surface area contributed by atoms with Crippen LogP contribution in [0, 0.1) is 22.5 Å². The van der Waals surface area contributed by atoms with Gasteiger partial charge in [-0.1, -0.05) is 0 Å². The molecule has 1 aromatic rings. The van der Waals surface area contributed by atoms with Crippen molar-refractivity contribution in [1.29, 1.82) is 0 Å². The van der Waals surface area contributed by atoms with E-state index < -0.39 is 4.92 Å². The van der Waals surface area contributed by atoms with Crippen molar-refractivity contribution in [2.24, 2.45) is 0 Å². The molecule has 0 aliphatic heterocycles. The Morgan fingerprint density at radius 3 is 2.83 bits per heavy atom. The summed E-state index contributed by atoms with van der Waals surface area (Å²) < 4.78 is 5.40. The molecule has 0 saturated heterocycles. The Morgan fingerprint density at radius 1 is 1.56 bits per heavy atom. The third kappa shape index (κ3) is 3.59. The summed E-state index contributed by atoms with van der Waals surface area (Å²) in [6, 6.07) is 3.96. The van der Waals surface area contributed by atoms with E-state index in [0.717, 1.165) is 0 Å². The molecule has 0 radical (unpaired) electrons. The van der Waals surface area contributed by atoms with Crippen molar-refractivity contribution < 1.29 is 14.5 Å². The van der Waals surface area contributed by atoms with Crippen LogP contribution in [-0.4, -0.2) is 17.3 Å². The van der Waals surface area contributed by atoms with Crippen molar-refractivity contribution in [3.05, 3.63) is 33.9 Å². The molecule has 1 rings (SSSR count). The quantitative estimate of drug-likeness (QED) is 0.255. The lowest BCUT2D eigenvalue weighted by molar-refractivity contribution is -0.384. The van der Waals surface area contributed by atoms with Gasteiger partial charge in [0.05, 0.1) is 17.1 Å². The number of terminal acetylenes is 1. The monoisotopic (exact) mass is 247 g/mol. The Hall–Kier alpha value is -2.35. The zero-order chi connectivity index (χ0) is 13.5. The first-order valence-electron chi connectivity index (χ1n) is 5.42. The van der Waals surface area contributed by atoms with E-state index >= 15 is 0 Å². The largest absolute Gasteiger partial charge is 0.493 e. The summed E-state index contributed by atoms with van der Waals surface area (Å²) in [6.07, 6.45) is 6.36. The van der Waals surface area contributed by atoms with Gasteiger partial charge in [-0.15, -0.1) is 12.3 Å². The fraction of sp³-hybridized carbons (Fsp3) is 0.308. The van der Waals surface area contributed by atoms with E-state index in [1.54, 1.807) is 0 Å². The first kappa shape index (κ1) is 13.7. The molecule has 5 heteroatoms. The number of nitro benzene ring substituents is 1. The molecule has 0 fully saturated rings. The SMILES string of the molecule is C#CCCCOc1ccc([N+](=O)[O-])cc1C(C)=O. The molecule has 5 nitrogen and oxygen atoms in total. The second-order valence-corrected chi connectivity index (χ2v) is 3.65. The third-order valence-corrected chi connectivity index (χ3v) is 2.28. The number of ketones is 1. The maximum absolute atomic E-state index is 11.4. The summed E-state index contributed by atoms with van der Waals surface area (Å²) in [5.41, 5.74) is 0.0843. The number of rotatable bonds is 6. The summed E-state index contributed by atoms with van der Waals surface area (Å²) in [4.78, 5) is 21.5. The minimum absolute atomic E-state index is 0.129. The van der Waals surface area contributed by atoms with Crippen LogP contribution < -0.4 is 4.74 Å². The summed E-state index contributed by atoms with van der Waals surface area (Å²) in [7, 11) is 0. The highest BCUT2D eigenvalue weighted by Crippen LogP contribution is 2.24. The number of unbranched alkanes of at least 4 members (excludes halogenated alkanes) is 1. The second kappa shape index (κ2) is 6.40. The minimum Gasteiger partial charge on any atom is -0.493 e. The van der Waals surface area contributed by atoms with Gasteiger partial charge >= 0.3 is 0 Å². The number of Topliss-reactive ketones (excluding diaryl/α,β-unsaturated/α-hetero) is 1. The maximum atomic E-state index is 11.4. The molecule has 0 bridgehead atoms. The van der Waals surface area contributed by atoms with E-state index in [1.807, 2.05) is 0 Å². The smallest absolute Gasteiger partial charge is 0.270 e. The van der Waals surface area contributed by atoms with Gasteiger partial charge in [0.15, 0.2) is 5.78 Å². The van der Waals surface area contributed by atoms with Crippen LogP contribution in [0.1, 0.15) is 30.1 Å². The Labute approximate surface area is 105 Å². The van der Waals surface area contributed by atoms with Gasteiger partial charge in [0.25, 0.3) is 5.69 Å². The molecular weight excluding hydrogens is 234 g/mol. The number of non-ortho nitro benzene ring substituents is 1. The van der Waals surface area contributed by atoms with Gasteiger partial charge in [-0.05, 0) is 19.4 Å². The van der Waals surface area contributed by atoms with Crippen LogP contribution in [-0.2, 0) is 0 Å². The van der Waals surface area contributed by atoms with Crippen molar-refractivity contribution in [3.63, 3.8) is 0 Å². The van der Waals surface area contributed by atoms with Crippen molar-refractivity contribution in [3.8, 4) is 18.1 Å². The third-order valence-electron chi connectivity index (χ3n) is 2.28. The second-order valence-electron chi connectivity index (χ2n) is 3.65. The molecular formula is C13H13NO4. The topological polar surface area (TPSA) is 69.4 Å². The number of carbonyl (C=O) groups excluding carboxylic acids is 1. The van der Waals surface area contributed by atoms with Crippen LogP contribution in [0.2, 0.25) is 0 Å². The van der Waals surface area contributed by atoms with Gasteiger partial charge < -0.3 is 4.74 Å². The van der Waals surface area contributed by atoms with Crippen molar-refractivity contribution in [2.45, 2.75) is 19.8 Å². The maximum Gasteiger partial charge on any atom is 0.270 e. The summed E-state index contributed by atoms with van der Waals surface area (Å²) in [5.74, 6) is 2.56. The molecule has 0 aromatic heterocycles. The average molecular weight is 247 g/mol. The normalized spacial score (nSPS) is 9.56.